The number of anilines is 2. The molecule has 2 heterocycles. The summed E-state index contributed by atoms with van der Waals surface area (Å²) in [4.78, 5) is 14.7. The molecule has 2 aromatic rings. The van der Waals surface area contributed by atoms with E-state index < -0.39 is 0 Å². The van der Waals surface area contributed by atoms with Gasteiger partial charge in [-0.25, -0.2) is 0 Å². The molecule has 0 radical (unpaired) electrons. The summed E-state index contributed by atoms with van der Waals surface area (Å²) in [5.74, 6) is -0.141. The van der Waals surface area contributed by atoms with Crippen molar-refractivity contribution in [2.45, 2.75) is 42.7 Å². The number of aromatic nitrogens is 2. The highest BCUT2D eigenvalue weighted by Crippen LogP contribution is 2.28. The fourth-order valence-electron chi connectivity index (χ4n) is 2.65. The van der Waals surface area contributed by atoms with E-state index in [1.807, 2.05) is 24.3 Å². The average molecular weight is 363 g/mol. The van der Waals surface area contributed by atoms with Crippen molar-refractivity contribution in [3.05, 3.63) is 29.8 Å². The van der Waals surface area contributed by atoms with Crippen LogP contribution in [0.5, 0.6) is 0 Å². The van der Waals surface area contributed by atoms with Gasteiger partial charge in [-0.05, 0) is 43.5 Å². The van der Waals surface area contributed by atoms with Gasteiger partial charge in [0.05, 0.1) is 0 Å². The smallest absolute Gasteiger partial charge is 0.257 e. The molecule has 0 saturated carbocycles. The standard InChI is InChI=1S/C17H22N4OS2/c1-12(2)23-17-20-19-16(24-17)18-15(22)13-6-8-14(9-7-13)21-10-4-3-5-11-21/h6-9,12H,3-5,10-11H2,1-2H3,(H,18,19,22). The first kappa shape index (κ1) is 17.2. The van der Waals surface area contributed by atoms with Gasteiger partial charge in [-0.2, -0.15) is 0 Å². The lowest BCUT2D eigenvalue weighted by Crippen LogP contribution is -2.29. The second kappa shape index (κ2) is 7.98. The second-order valence-electron chi connectivity index (χ2n) is 6.09. The van der Waals surface area contributed by atoms with Gasteiger partial charge in [0.1, 0.15) is 0 Å². The molecular weight excluding hydrogens is 340 g/mol. The first-order valence-corrected chi connectivity index (χ1v) is 9.98. The van der Waals surface area contributed by atoms with Crippen molar-refractivity contribution in [1.82, 2.24) is 10.2 Å². The summed E-state index contributed by atoms with van der Waals surface area (Å²) in [6, 6.07) is 7.81. The van der Waals surface area contributed by atoms with Crippen LogP contribution in [0.3, 0.4) is 0 Å². The molecule has 1 N–H and O–H groups in total. The minimum absolute atomic E-state index is 0.141. The van der Waals surface area contributed by atoms with E-state index in [2.05, 4.69) is 34.3 Å². The van der Waals surface area contributed by atoms with Crippen molar-refractivity contribution >= 4 is 39.8 Å². The predicted molar refractivity (Wildman–Crippen MR) is 101 cm³/mol. The lowest BCUT2D eigenvalue weighted by Gasteiger charge is -2.28. The van der Waals surface area contributed by atoms with Crippen LogP contribution in [0, 0.1) is 0 Å². The van der Waals surface area contributed by atoms with Crippen LogP contribution in [0.15, 0.2) is 28.6 Å². The van der Waals surface area contributed by atoms with Crippen LogP contribution in [0.2, 0.25) is 0 Å². The van der Waals surface area contributed by atoms with Crippen molar-refractivity contribution in [1.29, 1.82) is 0 Å². The van der Waals surface area contributed by atoms with Crippen molar-refractivity contribution in [2.24, 2.45) is 0 Å². The van der Waals surface area contributed by atoms with Gasteiger partial charge in [-0.1, -0.05) is 36.9 Å². The molecule has 1 saturated heterocycles. The van der Waals surface area contributed by atoms with Crippen molar-refractivity contribution < 1.29 is 4.79 Å². The number of rotatable bonds is 5. The maximum atomic E-state index is 12.3. The van der Waals surface area contributed by atoms with Crippen LogP contribution in [-0.2, 0) is 0 Å². The Hall–Kier alpha value is -1.60. The van der Waals surface area contributed by atoms with Crippen molar-refractivity contribution in [3.63, 3.8) is 0 Å². The molecule has 3 rings (SSSR count). The number of carbonyl (C=O) groups is 1. The molecule has 0 bridgehead atoms. The molecule has 24 heavy (non-hydrogen) atoms. The molecule has 1 aromatic carbocycles. The van der Waals surface area contributed by atoms with Crippen LogP contribution in [0.1, 0.15) is 43.5 Å². The SMILES string of the molecule is CC(C)Sc1nnc(NC(=O)c2ccc(N3CCCCC3)cc2)s1. The van der Waals surface area contributed by atoms with E-state index in [0.717, 1.165) is 17.4 Å². The third-order valence-corrected chi connectivity index (χ3v) is 5.74. The van der Waals surface area contributed by atoms with Gasteiger partial charge in [-0.3, -0.25) is 10.1 Å². The van der Waals surface area contributed by atoms with Gasteiger partial charge < -0.3 is 4.90 Å². The Labute approximate surface area is 150 Å². The largest absolute Gasteiger partial charge is 0.372 e. The number of nitrogens with one attached hydrogen (secondary N) is 1. The average Bonchev–Trinajstić information content (AvgIpc) is 3.02. The molecule has 1 aliphatic heterocycles. The minimum atomic E-state index is -0.141. The second-order valence-corrected chi connectivity index (χ2v) is 8.89. The fourth-order valence-corrected chi connectivity index (χ4v) is 4.62. The first-order valence-electron chi connectivity index (χ1n) is 8.28. The van der Waals surface area contributed by atoms with Crippen LogP contribution < -0.4 is 10.2 Å². The normalized spacial score (nSPS) is 14.9. The van der Waals surface area contributed by atoms with E-state index in [0.29, 0.717) is 15.9 Å². The number of amides is 1. The Morgan fingerprint density at radius 2 is 1.88 bits per heavy atom. The number of thioether (sulfide) groups is 1. The molecule has 0 spiro atoms. The minimum Gasteiger partial charge on any atom is -0.372 e. The number of nitrogens with zero attached hydrogens (tertiary/aromatic N) is 3. The zero-order valence-corrected chi connectivity index (χ0v) is 15.6. The summed E-state index contributed by atoms with van der Waals surface area (Å²) >= 11 is 3.06. The molecule has 0 unspecified atom stereocenters. The van der Waals surface area contributed by atoms with Gasteiger partial charge >= 0.3 is 0 Å². The highest BCUT2D eigenvalue weighted by atomic mass is 32.2. The lowest BCUT2D eigenvalue weighted by molar-refractivity contribution is 0.102. The summed E-state index contributed by atoms with van der Waals surface area (Å²) in [6.45, 7) is 6.42. The summed E-state index contributed by atoms with van der Waals surface area (Å²) < 4.78 is 0.876. The Morgan fingerprint density at radius 1 is 1.17 bits per heavy atom. The van der Waals surface area contributed by atoms with E-state index in [1.54, 1.807) is 11.8 Å². The molecule has 5 nitrogen and oxygen atoms in total. The summed E-state index contributed by atoms with van der Waals surface area (Å²) in [7, 11) is 0. The van der Waals surface area contributed by atoms with E-state index in [4.69, 9.17) is 0 Å². The summed E-state index contributed by atoms with van der Waals surface area (Å²) in [6.07, 6.45) is 3.81. The highest BCUT2D eigenvalue weighted by molar-refractivity contribution is 8.01. The third-order valence-electron chi connectivity index (χ3n) is 3.81. The van der Waals surface area contributed by atoms with Gasteiger partial charge in [0.25, 0.3) is 5.91 Å². The van der Waals surface area contributed by atoms with Crippen LogP contribution in [0.4, 0.5) is 10.8 Å². The van der Waals surface area contributed by atoms with Gasteiger partial charge in [-0.15, -0.1) is 10.2 Å². The first-order chi connectivity index (χ1) is 11.6. The number of piperidine rings is 1. The van der Waals surface area contributed by atoms with Crippen molar-refractivity contribution in [3.8, 4) is 0 Å². The number of hydrogen-bond acceptors (Lipinski definition) is 6. The topological polar surface area (TPSA) is 58.1 Å². The lowest BCUT2D eigenvalue weighted by atomic mass is 10.1. The Morgan fingerprint density at radius 3 is 2.54 bits per heavy atom. The van der Waals surface area contributed by atoms with E-state index in [1.165, 1.54) is 36.3 Å². The fraction of sp³-hybridized carbons (Fsp3) is 0.471. The maximum absolute atomic E-state index is 12.3. The van der Waals surface area contributed by atoms with E-state index in [9.17, 15) is 4.79 Å². The molecule has 0 aliphatic carbocycles. The molecule has 1 fully saturated rings. The van der Waals surface area contributed by atoms with Gasteiger partial charge in [0, 0.05) is 29.6 Å². The molecule has 1 aromatic heterocycles. The molecule has 7 heteroatoms. The predicted octanol–water partition coefficient (Wildman–Crippen LogP) is 4.28. The van der Waals surface area contributed by atoms with E-state index in [-0.39, 0.29) is 5.91 Å². The molecule has 1 aliphatic rings. The van der Waals surface area contributed by atoms with Crippen molar-refractivity contribution in [2.75, 3.05) is 23.3 Å². The Bertz CT molecular complexity index is 678. The van der Waals surface area contributed by atoms with Gasteiger partial charge in [0.2, 0.25) is 5.13 Å². The Kier molecular flexibility index (Phi) is 5.73. The van der Waals surface area contributed by atoms with Crippen LogP contribution in [0.25, 0.3) is 0 Å². The van der Waals surface area contributed by atoms with Gasteiger partial charge in [0.15, 0.2) is 4.34 Å². The molecule has 1 amide bonds. The quantitative estimate of drug-likeness (QED) is 0.635. The number of hydrogen-bond donors (Lipinski definition) is 1. The molecular formula is C17H22N4OS2. The zero-order valence-electron chi connectivity index (χ0n) is 14.0. The highest BCUT2D eigenvalue weighted by Gasteiger charge is 2.14. The third kappa shape index (κ3) is 4.48. The monoisotopic (exact) mass is 362 g/mol. The summed E-state index contributed by atoms with van der Waals surface area (Å²) in [5.41, 5.74) is 1.84. The van der Waals surface area contributed by atoms with E-state index >= 15 is 0 Å². The van der Waals surface area contributed by atoms with Crippen LogP contribution >= 0.6 is 23.1 Å². The number of carbonyl (C=O) groups excluding carboxylic acids is 1. The summed E-state index contributed by atoms with van der Waals surface area (Å²) in [5, 5.41) is 11.9. The number of benzene rings is 1. The molecule has 0 atom stereocenters. The Balaban J connectivity index is 1.61. The van der Waals surface area contributed by atoms with Crippen LogP contribution in [-0.4, -0.2) is 34.4 Å². The zero-order chi connectivity index (χ0) is 16.9. The maximum Gasteiger partial charge on any atom is 0.257 e. The molecule has 128 valence electrons.